The molecule has 0 aliphatic heterocycles. The van der Waals surface area contributed by atoms with Gasteiger partial charge in [0, 0.05) is 47.9 Å². The lowest BCUT2D eigenvalue weighted by molar-refractivity contribution is -0.130. The second-order valence-electron chi connectivity index (χ2n) is 7.06. The molecule has 1 amide bonds. The van der Waals surface area contributed by atoms with Crippen molar-refractivity contribution in [3.63, 3.8) is 0 Å². The second-order valence-corrected chi connectivity index (χ2v) is 7.06. The number of likely N-dealkylation sites (N-methyl/N-ethyl adjacent to an activating group) is 2. The van der Waals surface area contributed by atoms with Gasteiger partial charge >= 0.3 is 0 Å². The van der Waals surface area contributed by atoms with Gasteiger partial charge in [0.25, 0.3) is 5.91 Å². The van der Waals surface area contributed by atoms with Crippen LogP contribution in [0.4, 0.5) is 0 Å². The minimum atomic E-state index is -0.0653. The summed E-state index contributed by atoms with van der Waals surface area (Å²) in [6.45, 7) is 3.04. The normalized spacial score (nSPS) is 14.0. The number of amides is 1. The maximum Gasteiger partial charge on any atom is 0.259 e. The third-order valence-electron chi connectivity index (χ3n) is 4.41. The van der Waals surface area contributed by atoms with Crippen molar-refractivity contribution >= 4 is 11.9 Å². The third kappa shape index (κ3) is 7.86. The molecule has 27 heavy (non-hydrogen) atoms. The van der Waals surface area contributed by atoms with Gasteiger partial charge in [0.1, 0.15) is 5.75 Å². The zero-order valence-corrected chi connectivity index (χ0v) is 16.9. The number of aliphatic imine (C=N–C) groups is 1. The highest BCUT2D eigenvalue weighted by atomic mass is 16.5. The Hall–Kier alpha value is -2.28. The minimum Gasteiger partial charge on any atom is -0.484 e. The molecule has 1 saturated carbocycles. The van der Waals surface area contributed by atoms with Crippen molar-refractivity contribution < 1.29 is 14.3 Å². The van der Waals surface area contributed by atoms with Crippen molar-refractivity contribution in [2.24, 2.45) is 10.9 Å². The van der Waals surface area contributed by atoms with E-state index in [0.29, 0.717) is 18.9 Å². The Labute approximate surface area is 162 Å². The summed E-state index contributed by atoms with van der Waals surface area (Å²) in [7, 11) is 7.20. The second kappa shape index (κ2) is 10.8. The number of benzene rings is 1. The number of nitrogens with one attached hydrogen (secondary N) is 1. The van der Waals surface area contributed by atoms with E-state index >= 15 is 0 Å². The van der Waals surface area contributed by atoms with Crippen LogP contribution in [0.5, 0.6) is 5.75 Å². The largest absolute Gasteiger partial charge is 0.484 e. The molecule has 1 fully saturated rings. The number of carbonyl (C=O) groups excluding carboxylic acids is 1. The molecule has 0 unspecified atom stereocenters. The Morgan fingerprint density at radius 1 is 1.30 bits per heavy atom. The Morgan fingerprint density at radius 3 is 2.74 bits per heavy atom. The van der Waals surface area contributed by atoms with Crippen LogP contribution in [0.1, 0.15) is 18.4 Å². The van der Waals surface area contributed by atoms with Crippen LogP contribution in [0.3, 0.4) is 0 Å². The van der Waals surface area contributed by atoms with Crippen LogP contribution >= 0.6 is 0 Å². The molecule has 1 aliphatic rings. The smallest absolute Gasteiger partial charge is 0.259 e. The summed E-state index contributed by atoms with van der Waals surface area (Å²) >= 11 is 0. The number of hydrogen-bond acceptors (Lipinski definition) is 4. The monoisotopic (exact) mass is 376 g/mol. The summed E-state index contributed by atoms with van der Waals surface area (Å²) in [5.41, 5.74) is 1.06. The van der Waals surface area contributed by atoms with Crippen LogP contribution in [-0.4, -0.2) is 76.2 Å². The lowest BCUT2D eigenvalue weighted by Gasteiger charge is -2.22. The van der Waals surface area contributed by atoms with Gasteiger partial charge in [-0.3, -0.25) is 9.79 Å². The first-order valence-corrected chi connectivity index (χ1v) is 9.41. The lowest BCUT2D eigenvalue weighted by atomic mass is 10.2. The molecule has 7 nitrogen and oxygen atoms in total. The zero-order chi connectivity index (χ0) is 19.6. The van der Waals surface area contributed by atoms with Gasteiger partial charge in [0.2, 0.25) is 0 Å². The van der Waals surface area contributed by atoms with E-state index in [4.69, 9.17) is 9.47 Å². The van der Waals surface area contributed by atoms with Crippen LogP contribution < -0.4 is 10.1 Å². The van der Waals surface area contributed by atoms with Crippen LogP contribution in [0.25, 0.3) is 0 Å². The molecular weight excluding hydrogens is 344 g/mol. The Morgan fingerprint density at radius 2 is 2.07 bits per heavy atom. The van der Waals surface area contributed by atoms with Gasteiger partial charge in [0.05, 0.1) is 6.61 Å². The lowest BCUT2D eigenvalue weighted by Crippen LogP contribution is -2.40. The van der Waals surface area contributed by atoms with Crippen molar-refractivity contribution in [1.82, 2.24) is 15.1 Å². The molecule has 0 aromatic heterocycles. The van der Waals surface area contributed by atoms with E-state index in [1.165, 1.54) is 17.7 Å². The molecular formula is C20H32N4O3. The SMILES string of the molecule is CN=C(NCc1cccc(OCC(=O)N(C)C)c1)N(C)CCOCC1CC1. The van der Waals surface area contributed by atoms with E-state index in [-0.39, 0.29) is 12.5 Å². The predicted molar refractivity (Wildman–Crippen MR) is 107 cm³/mol. The zero-order valence-electron chi connectivity index (χ0n) is 16.9. The highest BCUT2D eigenvalue weighted by molar-refractivity contribution is 5.79. The molecule has 150 valence electrons. The van der Waals surface area contributed by atoms with E-state index in [0.717, 1.165) is 30.6 Å². The van der Waals surface area contributed by atoms with E-state index in [1.54, 1.807) is 21.1 Å². The molecule has 0 atom stereocenters. The summed E-state index contributed by atoms with van der Waals surface area (Å²) in [4.78, 5) is 19.5. The van der Waals surface area contributed by atoms with Crippen molar-refractivity contribution in [3.05, 3.63) is 29.8 Å². The molecule has 0 radical (unpaired) electrons. The standard InChI is InChI=1S/C20H32N4O3/c1-21-20(24(4)10-11-26-14-16-8-9-16)22-13-17-6-5-7-18(12-17)27-15-19(25)23(2)3/h5-7,12,16H,8-11,13-15H2,1-4H3,(H,21,22). The fourth-order valence-electron chi connectivity index (χ4n) is 2.43. The first-order valence-electron chi connectivity index (χ1n) is 9.41. The fourth-order valence-corrected chi connectivity index (χ4v) is 2.43. The van der Waals surface area contributed by atoms with Gasteiger partial charge in [-0.15, -0.1) is 0 Å². The van der Waals surface area contributed by atoms with E-state index in [1.807, 2.05) is 31.3 Å². The Bertz CT molecular complexity index is 629. The number of guanidine groups is 1. The predicted octanol–water partition coefficient (Wildman–Crippen LogP) is 1.59. The maximum atomic E-state index is 11.6. The molecule has 0 bridgehead atoms. The van der Waals surface area contributed by atoms with Crippen LogP contribution in [0.2, 0.25) is 0 Å². The van der Waals surface area contributed by atoms with Crippen molar-refractivity contribution in [2.45, 2.75) is 19.4 Å². The van der Waals surface area contributed by atoms with Crippen molar-refractivity contribution in [3.8, 4) is 5.75 Å². The van der Waals surface area contributed by atoms with Crippen LogP contribution in [0.15, 0.2) is 29.3 Å². The summed E-state index contributed by atoms with van der Waals surface area (Å²) in [6, 6.07) is 7.72. The van der Waals surface area contributed by atoms with Crippen molar-refractivity contribution in [2.75, 3.05) is 54.6 Å². The van der Waals surface area contributed by atoms with Crippen LogP contribution in [0, 0.1) is 5.92 Å². The molecule has 1 N–H and O–H groups in total. The first kappa shape index (κ1) is 21.0. The van der Waals surface area contributed by atoms with E-state index < -0.39 is 0 Å². The average molecular weight is 377 g/mol. The number of hydrogen-bond donors (Lipinski definition) is 1. The Kier molecular flexibility index (Phi) is 8.39. The number of ether oxygens (including phenoxy) is 2. The van der Waals surface area contributed by atoms with Crippen LogP contribution in [-0.2, 0) is 16.1 Å². The molecule has 0 spiro atoms. The molecule has 7 heteroatoms. The third-order valence-corrected chi connectivity index (χ3v) is 4.41. The fraction of sp³-hybridized carbons (Fsp3) is 0.600. The summed E-state index contributed by atoms with van der Waals surface area (Å²) < 4.78 is 11.3. The van der Waals surface area contributed by atoms with E-state index in [2.05, 4.69) is 15.2 Å². The molecule has 0 saturated heterocycles. The van der Waals surface area contributed by atoms with Gasteiger partial charge < -0.3 is 24.6 Å². The summed E-state index contributed by atoms with van der Waals surface area (Å²) in [6.07, 6.45) is 2.62. The van der Waals surface area contributed by atoms with Gasteiger partial charge in [-0.1, -0.05) is 12.1 Å². The summed E-state index contributed by atoms with van der Waals surface area (Å²) in [5, 5.41) is 3.35. The quantitative estimate of drug-likeness (QED) is 0.382. The molecule has 1 aromatic rings. The average Bonchev–Trinajstić information content (AvgIpc) is 3.48. The minimum absolute atomic E-state index is 0.0369. The highest BCUT2D eigenvalue weighted by Crippen LogP contribution is 2.28. The maximum absolute atomic E-state index is 11.6. The topological polar surface area (TPSA) is 66.4 Å². The first-order chi connectivity index (χ1) is 13.0. The van der Waals surface area contributed by atoms with Crippen molar-refractivity contribution in [1.29, 1.82) is 0 Å². The van der Waals surface area contributed by atoms with Gasteiger partial charge in [0.15, 0.2) is 12.6 Å². The highest BCUT2D eigenvalue weighted by Gasteiger charge is 2.21. The number of carbonyl (C=O) groups is 1. The molecule has 2 rings (SSSR count). The number of nitrogens with zero attached hydrogens (tertiary/aromatic N) is 3. The van der Waals surface area contributed by atoms with Gasteiger partial charge in [-0.2, -0.15) is 0 Å². The molecule has 0 heterocycles. The summed E-state index contributed by atoms with van der Waals surface area (Å²) in [5.74, 6) is 2.22. The number of rotatable bonds is 10. The Balaban J connectivity index is 1.75. The van der Waals surface area contributed by atoms with E-state index in [9.17, 15) is 4.79 Å². The molecule has 1 aromatic carbocycles. The van der Waals surface area contributed by atoms with Gasteiger partial charge in [-0.25, -0.2) is 0 Å². The molecule has 1 aliphatic carbocycles. The van der Waals surface area contributed by atoms with Gasteiger partial charge in [-0.05, 0) is 36.5 Å².